The lowest BCUT2D eigenvalue weighted by Gasteiger charge is -2.36. The van der Waals surface area contributed by atoms with Crippen LogP contribution in [0.3, 0.4) is 0 Å². The summed E-state index contributed by atoms with van der Waals surface area (Å²) in [6, 6.07) is 24.7. The number of carboxylic acid groups (broad SMARTS) is 2. The fourth-order valence-electron chi connectivity index (χ4n) is 5.46. The third-order valence-electron chi connectivity index (χ3n) is 8.13. The maximum atomic E-state index is 12.8. The molecule has 2 aromatic heterocycles. The van der Waals surface area contributed by atoms with E-state index in [4.69, 9.17) is 33.9 Å². The molecule has 54 heavy (non-hydrogen) atoms. The van der Waals surface area contributed by atoms with Gasteiger partial charge in [0.2, 0.25) is 9.54 Å². The van der Waals surface area contributed by atoms with Crippen molar-refractivity contribution in [1.29, 1.82) is 0 Å². The van der Waals surface area contributed by atoms with Crippen LogP contribution in [0.25, 0.3) is 11.4 Å². The van der Waals surface area contributed by atoms with E-state index in [-0.39, 0.29) is 16.3 Å². The van der Waals surface area contributed by atoms with Gasteiger partial charge in [-0.1, -0.05) is 44.9 Å². The molecule has 2 atom stereocenters. The van der Waals surface area contributed by atoms with E-state index >= 15 is 0 Å². The van der Waals surface area contributed by atoms with Gasteiger partial charge in [0.1, 0.15) is 11.5 Å². The molecule has 2 heterocycles. The molecule has 0 saturated heterocycles. The number of carbonyl (C=O) groups is 2. The fraction of sp³-hybridized carbons (Fsp3) is 0.147. The molecule has 0 aliphatic rings. The summed E-state index contributed by atoms with van der Waals surface area (Å²) in [5, 5.41) is 44.3. The van der Waals surface area contributed by atoms with E-state index in [2.05, 4.69) is 41.4 Å². The molecule has 0 spiro atoms. The molecule has 20 heteroatoms. The Morgan fingerprint density at radius 2 is 1.35 bits per heavy atom. The van der Waals surface area contributed by atoms with Crippen LogP contribution in [0.4, 0.5) is 22.7 Å². The fourth-order valence-corrected chi connectivity index (χ4v) is 5.84. The van der Waals surface area contributed by atoms with Gasteiger partial charge in [-0.25, -0.2) is 23.9 Å². The van der Waals surface area contributed by atoms with Crippen LogP contribution in [0.1, 0.15) is 0 Å². The summed E-state index contributed by atoms with van der Waals surface area (Å²) in [6.45, 7) is 0.0696. The number of aliphatic carboxylic acids is 2. The van der Waals surface area contributed by atoms with Gasteiger partial charge < -0.3 is 34.8 Å². The topological polar surface area (TPSA) is 217 Å². The average molecular weight is 769 g/mol. The number of aromatic amines is 2. The van der Waals surface area contributed by atoms with Crippen molar-refractivity contribution in [3.8, 4) is 22.9 Å². The molecule has 6 rings (SSSR count). The van der Waals surface area contributed by atoms with Crippen molar-refractivity contribution >= 4 is 65.5 Å². The Bertz CT molecular complexity index is 2410. The highest BCUT2D eigenvalue weighted by molar-refractivity contribution is 7.71. The average Bonchev–Trinajstić information content (AvgIpc) is 3.81. The van der Waals surface area contributed by atoms with Crippen molar-refractivity contribution in [3.63, 3.8) is 0 Å². The maximum Gasteiger partial charge on any atom is 0.329 e. The second kappa shape index (κ2) is 16.6. The first-order valence-electron chi connectivity index (χ1n) is 16.0. The zero-order valence-electron chi connectivity index (χ0n) is 28.5. The van der Waals surface area contributed by atoms with E-state index in [1.165, 1.54) is 35.0 Å². The number of aromatic nitrogens is 8. The summed E-state index contributed by atoms with van der Waals surface area (Å²) in [5.74, 6) is -1.79. The van der Waals surface area contributed by atoms with E-state index in [9.17, 15) is 19.8 Å². The molecule has 0 aliphatic carbocycles. The minimum atomic E-state index is -1.52. The van der Waals surface area contributed by atoms with Gasteiger partial charge in [-0.15, -0.1) is 0 Å². The molecule has 0 bridgehead atoms. The lowest BCUT2D eigenvalue weighted by atomic mass is 10.0. The van der Waals surface area contributed by atoms with Crippen molar-refractivity contribution in [1.82, 2.24) is 40.4 Å². The number of hydrogen-bond acceptors (Lipinski definition) is 14. The SMILES string of the molecule is CN(c1cccc(N=COc2cccc(-n3[nH]nnc3=S)c2)c1)C(C(=O)O)C(C(=O)O)N(C)c1cccc(OCNc2cccc(-n3[nH]nnc3=S)c2)c1. The van der Waals surface area contributed by atoms with Crippen molar-refractivity contribution in [2.75, 3.05) is 35.9 Å². The molecule has 0 fully saturated rings. The van der Waals surface area contributed by atoms with Gasteiger partial charge in [-0.05, 0) is 85.1 Å². The number of tetrazole rings is 2. The number of H-pyrrole nitrogens is 2. The second-order valence-electron chi connectivity index (χ2n) is 11.5. The third-order valence-corrected chi connectivity index (χ3v) is 8.66. The van der Waals surface area contributed by atoms with E-state index in [0.717, 1.165) is 11.4 Å². The number of aliphatic imine (C=N–C) groups is 1. The summed E-state index contributed by atoms with van der Waals surface area (Å²) in [5.41, 5.74) is 3.39. The highest BCUT2D eigenvalue weighted by atomic mass is 32.1. The van der Waals surface area contributed by atoms with Crippen molar-refractivity contribution in [2.45, 2.75) is 12.1 Å². The van der Waals surface area contributed by atoms with Gasteiger partial charge >= 0.3 is 11.9 Å². The van der Waals surface area contributed by atoms with E-state index in [1.807, 2.05) is 24.3 Å². The number of benzene rings is 4. The van der Waals surface area contributed by atoms with Crippen molar-refractivity contribution in [2.24, 2.45) is 4.99 Å². The van der Waals surface area contributed by atoms with Gasteiger partial charge in [0, 0.05) is 43.3 Å². The predicted octanol–water partition coefficient (Wildman–Crippen LogP) is 4.63. The maximum absolute atomic E-state index is 12.8. The largest absolute Gasteiger partial charge is 0.480 e. The van der Waals surface area contributed by atoms with Gasteiger partial charge in [0.15, 0.2) is 25.2 Å². The molecule has 6 aromatic rings. The van der Waals surface area contributed by atoms with Crippen LogP contribution in [0.5, 0.6) is 11.5 Å². The summed E-state index contributed by atoms with van der Waals surface area (Å²) >= 11 is 10.3. The summed E-state index contributed by atoms with van der Waals surface area (Å²) < 4.78 is 15.2. The molecular weight excluding hydrogens is 737 g/mol. The Hall–Kier alpha value is -6.93. The normalized spacial score (nSPS) is 12.2. The number of ether oxygens (including phenoxy) is 2. The number of likely N-dealkylation sites (N-methyl/N-ethyl adjacent to an activating group) is 2. The third kappa shape index (κ3) is 8.57. The summed E-state index contributed by atoms with van der Waals surface area (Å²) in [4.78, 5) is 32.6. The molecule has 276 valence electrons. The Morgan fingerprint density at radius 1 is 0.796 bits per heavy atom. The molecule has 0 radical (unpaired) electrons. The predicted molar refractivity (Wildman–Crippen MR) is 204 cm³/mol. The van der Waals surface area contributed by atoms with Crippen LogP contribution < -0.4 is 24.6 Å². The Balaban J connectivity index is 1.13. The number of rotatable bonds is 16. The van der Waals surface area contributed by atoms with Crippen LogP contribution >= 0.6 is 24.4 Å². The molecule has 0 aliphatic heterocycles. The van der Waals surface area contributed by atoms with Gasteiger partial charge in [0.25, 0.3) is 0 Å². The van der Waals surface area contributed by atoms with E-state index in [1.54, 1.807) is 77.5 Å². The Kier molecular flexibility index (Phi) is 11.3. The zero-order valence-corrected chi connectivity index (χ0v) is 30.2. The number of carboxylic acids is 2. The first kappa shape index (κ1) is 36.8. The summed E-state index contributed by atoms with van der Waals surface area (Å²) in [6.07, 6.45) is 1.24. The van der Waals surface area contributed by atoms with E-state index in [0.29, 0.717) is 34.2 Å². The van der Waals surface area contributed by atoms with Crippen LogP contribution in [0.15, 0.2) is 102 Å². The lowest BCUT2D eigenvalue weighted by molar-refractivity contribution is -0.146. The summed E-state index contributed by atoms with van der Waals surface area (Å²) in [7, 11) is 3.03. The highest BCUT2D eigenvalue weighted by Crippen LogP contribution is 2.28. The smallest absolute Gasteiger partial charge is 0.329 e. The number of nitrogens with one attached hydrogen (secondary N) is 3. The van der Waals surface area contributed by atoms with Crippen LogP contribution in [0.2, 0.25) is 0 Å². The Labute approximate surface area is 316 Å². The van der Waals surface area contributed by atoms with Gasteiger partial charge in [-0.3, -0.25) is 0 Å². The van der Waals surface area contributed by atoms with Gasteiger partial charge in [0.05, 0.1) is 17.1 Å². The van der Waals surface area contributed by atoms with Crippen LogP contribution in [0, 0.1) is 9.54 Å². The molecular formula is C34H32N12O6S2. The Morgan fingerprint density at radius 3 is 1.96 bits per heavy atom. The minimum absolute atomic E-state index is 0.0696. The molecule has 18 nitrogen and oxygen atoms in total. The number of anilines is 3. The molecule has 0 saturated carbocycles. The highest BCUT2D eigenvalue weighted by Gasteiger charge is 2.40. The molecule has 5 N–H and O–H groups in total. The first-order valence-corrected chi connectivity index (χ1v) is 16.8. The second-order valence-corrected chi connectivity index (χ2v) is 12.2. The molecule has 4 aromatic carbocycles. The minimum Gasteiger partial charge on any atom is -0.480 e. The van der Waals surface area contributed by atoms with Crippen molar-refractivity contribution in [3.05, 3.63) is 107 Å². The number of hydrogen-bond donors (Lipinski definition) is 5. The molecule has 2 unspecified atom stereocenters. The zero-order chi connectivity index (χ0) is 38.2. The van der Waals surface area contributed by atoms with E-state index < -0.39 is 24.0 Å². The monoisotopic (exact) mass is 768 g/mol. The quantitative estimate of drug-likeness (QED) is 0.0393. The van der Waals surface area contributed by atoms with Gasteiger partial charge in [-0.2, -0.15) is 10.4 Å². The van der Waals surface area contributed by atoms with Crippen molar-refractivity contribution < 1.29 is 29.3 Å². The standard InChI is InChI=1S/C34H32N12O6S2/c1-43(23-9-3-7-21(15-23)35-19-52-28-14-6-12-26(18-28)46-34(54)38-40-42-46)29(31(47)48)30(32(49)50)44(2)24-10-5-13-27(17-24)51-20-36-22-8-4-11-25(16-22)45-33(53)37-39-41-45/h3-19,29-30,36H,20H2,1-2H3,(H,47,48)(H,49,50)(H,37,41,53)(H,38,42,54). The van der Waals surface area contributed by atoms with Crippen LogP contribution in [-0.4, -0.2) is 102 Å². The first-order chi connectivity index (χ1) is 26.1. The van der Waals surface area contributed by atoms with Crippen LogP contribution in [-0.2, 0) is 9.59 Å². The molecule has 0 amide bonds. The lowest BCUT2D eigenvalue weighted by Crippen LogP contribution is -2.57. The number of nitrogens with zero attached hydrogens (tertiary/aromatic N) is 9.